The number of aromatic nitrogens is 1. The molecule has 2 aromatic rings. The zero-order valence-corrected chi connectivity index (χ0v) is 11.7. The van der Waals surface area contributed by atoms with Crippen LogP contribution in [0.3, 0.4) is 0 Å². The first-order valence-electron chi connectivity index (χ1n) is 6.39. The molecule has 96 valence electrons. The third kappa shape index (κ3) is 2.27. The van der Waals surface area contributed by atoms with Crippen molar-refractivity contribution in [2.45, 2.75) is 23.7 Å². The van der Waals surface area contributed by atoms with Crippen LogP contribution in [0, 0.1) is 0 Å². The molecule has 0 bridgehead atoms. The van der Waals surface area contributed by atoms with Crippen molar-refractivity contribution in [3.05, 3.63) is 24.1 Å². The molecule has 18 heavy (non-hydrogen) atoms. The van der Waals surface area contributed by atoms with Crippen LogP contribution >= 0.6 is 11.8 Å². The smallest absolute Gasteiger partial charge is 0.198 e. The number of hydrogen-bond donors (Lipinski definition) is 0. The van der Waals surface area contributed by atoms with Crippen LogP contribution in [-0.2, 0) is 0 Å². The van der Waals surface area contributed by atoms with Crippen LogP contribution in [0.5, 0.6) is 0 Å². The molecule has 0 spiro atoms. The molecule has 0 radical (unpaired) electrons. The van der Waals surface area contributed by atoms with Crippen LogP contribution < -0.4 is 0 Å². The van der Waals surface area contributed by atoms with E-state index < -0.39 is 0 Å². The first kappa shape index (κ1) is 12.1. The van der Waals surface area contributed by atoms with Crippen LogP contribution in [0.15, 0.2) is 27.5 Å². The second-order valence-electron chi connectivity index (χ2n) is 4.96. The highest BCUT2D eigenvalue weighted by Gasteiger charge is 2.22. The fourth-order valence-electron chi connectivity index (χ4n) is 2.48. The van der Waals surface area contributed by atoms with Gasteiger partial charge in [-0.1, -0.05) is 0 Å². The monoisotopic (exact) mass is 262 g/mol. The fraction of sp³-hybridized carbons (Fsp3) is 0.500. The minimum Gasteiger partial charge on any atom is -0.440 e. The molecule has 1 fully saturated rings. The van der Waals surface area contributed by atoms with Gasteiger partial charge in [-0.05, 0) is 57.4 Å². The number of fused-ring (bicyclic) bond motifs is 1. The molecule has 4 heteroatoms. The van der Waals surface area contributed by atoms with Crippen molar-refractivity contribution < 1.29 is 4.42 Å². The Hall–Kier alpha value is -1.00. The Morgan fingerprint density at radius 3 is 2.83 bits per heavy atom. The summed E-state index contributed by atoms with van der Waals surface area (Å²) in [4.78, 5) is 8.28. The highest BCUT2D eigenvalue weighted by molar-refractivity contribution is 7.98. The Morgan fingerprint density at radius 1 is 1.33 bits per heavy atom. The van der Waals surface area contributed by atoms with Gasteiger partial charge in [0.25, 0.3) is 0 Å². The van der Waals surface area contributed by atoms with E-state index in [1.807, 2.05) is 6.07 Å². The second-order valence-corrected chi connectivity index (χ2v) is 5.84. The molecule has 1 aromatic heterocycles. The van der Waals surface area contributed by atoms with Gasteiger partial charge in [0.1, 0.15) is 5.52 Å². The number of oxazole rings is 1. The maximum atomic E-state index is 5.90. The number of thioether (sulfide) groups is 1. The Labute approximate surface area is 112 Å². The summed E-state index contributed by atoms with van der Waals surface area (Å²) in [7, 11) is 2.17. The molecule has 3 nitrogen and oxygen atoms in total. The summed E-state index contributed by atoms with van der Waals surface area (Å²) in [5.41, 5.74) is 1.91. The van der Waals surface area contributed by atoms with E-state index in [1.54, 1.807) is 11.8 Å². The minimum absolute atomic E-state index is 0.492. The number of hydrogen-bond acceptors (Lipinski definition) is 4. The van der Waals surface area contributed by atoms with Crippen LogP contribution in [0.2, 0.25) is 0 Å². The lowest BCUT2D eigenvalue weighted by atomic mass is 9.97. The molecule has 0 N–H and O–H groups in total. The Kier molecular flexibility index (Phi) is 3.31. The molecular weight excluding hydrogens is 244 g/mol. The van der Waals surface area contributed by atoms with E-state index in [2.05, 4.69) is 35.3 Å². The number of nitrogens with zero attached hydrogens (tertiary/aromatic N) is 2. The van der Waals surface area contributed by atoms with Gasteiger partial charge in [0, 0.05) is 10.8 Å². The van der Waals surface area contributed by atoms with Crippen molar-refractivity contribution in [1.82, 2.24) is 9.88 Å². The lowest BCUT2D eigenvalue weighted by Gasteiger charge is -2.26. The van der Waals surface area contributed by atoms with Crippen LogP contribution in [0.4, 0.5) is 0 Å². The molecule has 1 aromatic carbocycles. The van der Waals surface area contributed by atoms with Crippen molar-refractivity contribution in [2.24, 2.45) is 0 Å². The van der Waals surface area contributed by atoms with Gasteiger partial charge >= 0.3 is 0 Å². The van der Waals surface area contributed by atoms with Crippen LogP contribution in [-0.4, -0.2) is 36.3 Å². The minimum atomic E-state index is 0.492. The first-order chi connectivity index (χ1) is 8.76. The lowest BCUT2D eigenvalue weighted by molar-refractivity contribution is 0.239. The summed E-state index contributed by atoms with van der Waals surface area (Å²) in [5, 5.41) is 0. The molecule has 0 atom stereocenters. The Bertz CT molecular complexity index is 544. The van der Waals surface area contributed by atoms with Crippen LogP contribution in [0.25, 0.3) is 11.1 Å². The van der Waals surface area contributed by atoms with Gasteiger partial charge < -0.3 is 9.32 Å². The van der Waals surface area contributed by atoms with Gasteiger partial charge in [0.15, 0.2) is 11.5 Å². The quantitative estimate of drug-likeness (QED) is 0.776. The summed E-state index contributed by atoms with van der Waals surface area (Å²) in [6, 6.07) is 6.24. The van der Waals surface area contributed by atoms with Gasteiger partial charge in [-0.3, -0.25) is 0 Å². The predicted octanol–water partition coefficient (Wildman–Crippen LogP) is 3.36. The van der Waals surface area contributed by atoms with E-state index in [-0.39, 0.29) is 0 Å². The van der Waals surface area contributed by atoms with Crippen molar-refractivity contribution >= 4 is 22.9 Å². The third-order valence-corrected chi connectivity index (χ3v) is 4.40. The molecule has 1 aliphatic heterocycles. The average molecular weight is 262 g/mol. The maximum absolute atomic E-state index is 5.90. The van der Waals surface area contributed by atoms with Gasteiger partial charge in [0.2, 0.25) is 0 Å². The largest absolute Gasteiger partial charge is 0.440 e. The van der Waals surface area contributed by atoms with Crippen molar-refractivity contribution in [3.63, 3.8) is 0 Å². The normalized spacial score (nSPS) is 18.6. The molecule has 1 aliphatic rings. The molecule has 1 saturated heterocycles. The molecule has 2 heterocycles. The summed E-state index contributed by atoms with van der Waals surface area (Å²) in [6.45, 7) is 2.28. The number of likely N-dealkylation sites (tertiary alicyclic amines) is 1. The molecule has 0 saturated carbocycles. The van der Waals surface area contributed by atoms with Crippen molar-refractivity contribution in [2.75, 3.05) is 26.4 Å². The first-order valence-corrected chi connectivity index (χ1v) is 7.62. The second kappa shape index (κ2) is 4.94. The number of piperidine rings is 1. The lowest BCUT2D eigenvalue weighted by Crippen LogP contribution is -2.29. The van der Waals surface area contributed by atoms with Gasteiger partial charge in [0.05, 0.1) is 0 Å². The van der Waals surface area contributed by atoms with Crippen molar-refractivity contribution in [1.29, 1.82) is 0 Å². The number of rotatable bonds is 2. The Morgan fingerprint density at radius 2 is 2.11 bits per heavy atom. The number of benzene rings is 1. The SMILES string of the molecule is CSc1ccc2oc(C3CCN(C)CC3)nc2c1. The van der Waals surface area contributed by atoms with E-state index in [0.29, 0.717) is 5.92 Å². The summed E-state index contributed by atoms with van der Waals surface area (Å²) in [5.74, 6) is 1.42. The van der Waals surface area contributed by atoms with Gasteiger partial charge in [-0.15, -0.1) is 11.8 Å². The average Bonchev–Trinajstić information content (AvgIpc) is 2.82. The van der Waals surface area contributed by atoms with E-state index >= 15 is 0 Å². The molecule has 0 unspecified atom stereocenters. The van der Waals surface area contributed by atoms with Gasteiger partial charge in [-0.25, -0.2) is 4.98 Å². The third-order valence-electron chi connectivity index (χ3n) is 3.68. The molecular formula is C14H18N2OS. The van der Waals surface area contributed by atoms with Crippen LogP contribution in [0.1, 0.15) is 24.7 Å². The summed E-state index contributed by atoms with van der Waals surface area (Å²) >= 11 is 1.74. The van der Waals surface area contributed by atoms with Crippen molar-refractivity contribution in [3.8, 4) is 0 Å². The standard InChI is InChI=1S/C14H18N2OS/c1-16-7-5-10(6-8-16)14-15-12-9-11(18-2)3-4-13(12)17-14/h3-4,9-10H,5-8H2,1-2H3. The highest BCUT2D eigenvalue weighted by Crippen LogP contribution is 2.30. The predicted molar refractivity (Wildman–Crippen MR) is 75.3 cm³/mol. The van der Waals surface area contributed by atoms with E-state index in [4.69, 9.17) is 4.42 Å². The molecule has 3 rings (SSSR count). The van der Waals surface area contributed by atoms with E-state index in [1.165, 1.54) is 4.90 Å². The fourth-order valence-corrected chi connectivity index (χ4v) is 2.92. The maximum Gasteiger partial charge on any atom is 0.198 e. The zero-order valence-electron chi connectivity index (χ0n) is 10.8. The zero-order chi connectivity index (χ0) is 12.5. The highest BCUT2D eigenvalue weighted by atomic mass is 32.2. The molecule has 0 amide bonds. The summed E-state index contributed by atoms with van der Waals surface area (Å²) in [6.07, 6.45) is 4.39. The van der Waals surface area contributed by atoms with E-state index in [9.17, 15) is 0 Å². The topological polar surface area (TPSA) is 29.3 Å². The van der Waals surface area contributed by atoms with Gasteiger partial charge in [-0.2, -0.15) is 0 Å². The molecule has 0 aliphatic carbocycles. The van der Waals surface area contributed by atoms with E-state index in [0.717, 1.165) is 42.9 Å². The summed E-state index contributed by atoms with van der Waals surface area (Å²) < 4.78 is 5.90. The Balaban J connectivity index is 1.88.